The third kappa shape index (κ3) is 3.94. The Kier molecular flexibility index (Phi) is 5.46. The molecule has 0 aliphatic carbocycles. The van der Waals surface area contributed by atoms with Crippen molar-refractivity contribution in [2.75, 3.05) is 13.1 Å². The summed E-state index contributed by atoms with van der Waals surface area (Å²) in [4.78, 5) is 25.0. The molecule has 0 aliphatic heterocycles. The van der Waals surface area contributed by atoms with Crippen LogP contribution in [0.5, 0.6) is 0 Å². The van der Waals surface area contributed by atoms with E-state index in [1.807, 2.05) is 37.3 Å². The van der Waals surface area contributed by atoms with Gasteiger partial charge in [-0.25, -0.2) is 0 Å². The summed E-state index contributed by atoms with van der Waals surface area (Å²) < 4.78 is 0. The van der Waals surface area contributed by atoms with E-state index < -0.39 is 4.92 Å². The van der Waals surface area contributed by atoms with E-state index in [4.69, 9.17) is 0 Å². The molecule has 0 radical (unpaired) electrons. The molecule has 1 amide bonds. The summed E-state index contributed by atoms with van der Waals surface area (Å²) >= 11 is 0. The summed E-state index contributed by atoms with van der Waals surface area (Å²) in [5.41, 5.74) is 1.96. The van der Waals surface area contributed by atoms with Crippen molar-refractivity contribution in [3.8, 4) is 0 Å². The van der Waals surface area contributed by atoms with Gasteiger partial charge in [0.25, 0.3) is 11.6 Å². The van der Waals surface area contributed by atoms with Gasteiger partial charge in [-0.15, -0.1) is 0 Å². The summed E-state index contributed by atoms with van der Waals surface area (Å²) in [6.45, 7) is 4.68. The molecule has 2 aromatic rings. The monoisotopic (exact) mass is 312 g/mol. The third-order valence-electron chi connectivity index (χ3n) is 3.91. The van der Waals surface area contributed by atoms with Crippen LogP contribution in [0.15, 0.2) is 48.5 Å². The zero-order valence-corrected chi connectivity index (χ0v) is 13.4. The molecule has 2 aromatic carbocycles. The van der Waals surface area contributed by atoms with Gasteiger partial charge in [0, 0.05) is 30.3 Å². The maximum Gasteiger partial charge on any atom is 0.273 e. The highest BCUT2D eigenvalue weighted by molar-refractivity contribution is 5.96. The van der Waals surface area contributed by atoms with Crippen LogP contribution < -0.4 is 0 Å². The first-order valence-corrected chi connectivity index (χ1v) is 7.61. The molecule has 0 aromatic heterocycles. The van der Waals surface area contributed by atoms with E-state index >= 15 is 0 Å². The predicted molar refractivity (Wildman–Crippen MR) is 89.6 cm³/mol. The van der Waals surface area contributed by atoms with E-state index in [0.29, 0.717) is 24.2 Å². The normalized spacial score (nSPS) is 10.3. The van der Waals surface area contributed by atoms with E-state index in [0.717, 1.165) is 12.0 Å². The fourth-order valence-electron chi connectivity index (χ4n) is 2.54. The van der Waals surface area contributed by atoms with E-state index in [2.05, 4.69) is 0 Å². The molecule has 0 saturated carbocycles. The second-order valence-corrected chi connectivity index (χ2v) is 5.33. The first-order valence-electron chi connectivity index (χ1n) is 7.61. The fraction of sp³-hybridized carbons (Fsp3) is 0.278. The van der Waals surface area contributed by atoms with Gasteiger partial charge >= 0.3 is 0 Å². The molecule has 0 atom stereocenters. The Morgan fingerprint density at radius 3 is 2.43 bits per heavy atom. The number of nitro groups is 1. The lowest BCUT2D eigenvalue weighted by molar-refractivity contribution is -0.385. The second kappa shape index (κ2) is 7.54. The summed E-state index contributed by atoms with van der Waals surface area (Å²) in [7, 11) is 0. The van der Waals surface area contributed by atoms with Crippen molar-refractivity contribution in [2.45, 2.75) is 20.3 Å². The van der Waals surface area contributed by atoms with E-state index in [-0.39, 0.29) is 11.6 Å². The molecule has 0 N–H and O–H groups in total. The molecule has 23 heavy (non-hydrogen) atoms. The van der Waals surface area contributed by atoms with Crippen LogP contribution in [0.2, 0.25) is 0 Å². The Morgan fingerprint density at radius 1 is 1.13 bits per heavy atom. The van der Waals surface area contributed by atoms with Crippen molar-refractivity contribution in [3.05, 3.63) is 75.3 Å². The smallest absolute Gasteiger partial charge is 0.273 e. The molecule has 5 nitrogen and oxygen atoms in total. The number of rotatable bonds is 6. The van der Waals surface area contributed by atoms with Crippen molar-refractivity contribution >= 4 is 11.6 Å². The third-order valence-corrected chi connectivity index (χ3v) is 3.91. The van der Waals surface area contributed by atoms with Crippen molar-refractivity contribution in [1.82, 2.24) is 4.90 Å². The van der Waals surface area contributed by atoms with Crippen molar-refractivity contribution in [2.24, 2.45) is 0 Å². The number of hydrogen-bond donors (Lipinski definition) is 0. The topological polar surface area (TPSA) is 63.5 Å². The SMILES string of the molecule is CCN(CCc1ccccc1)C(=O)c1cccc([N+](=O)[O-])c1C. The van der Waals surface area contributed by atoms with Crippen molar-refractivity contribution in [1.29, 1.82) is 0 Å². The maximum absolute atomic E-state index is 12.7. The largest absolute Gasteiger partial charge is 0.339 e. The number of likely N-dealkylation sites (N-methyl/N-ethyl adjacent to an activating group) is 1. The standard InChI is InChI=1S/C18H20N2O3/c1-3-19(13-12-15-8-5-4-6-9-15)18(21)16-10-7-11-17(14(16)2)20(22)23/h4-11H,3,12-13H2,1-2H3. The van der Waals surface area contributed by atoms with E-state index in [1.54, 1.807) is 24.0 Å². The molecule has 0 aliphatic rings. The lowest BCUT2D eigenvalue weighted by Gasteiger charge is -2.22. The highest BCUT2D eigenvalue weighted by atomic mass is 16.6. The van der Waals surface area contributed by atoms with Crippen LogP contribution in [-0.2, 0) is 6.42 Å². The highest BCUT2D eigenvalue weighted by Crippen LogP contribution is 2.22. The minimum atomic E-state index is -0.452. The first-order chi connectivity index (χ1) is 11.0. The lowest BCUT2D eigenvalue weighted by atomic mass is 10.0. The number of carbonyl (C=O) groups excluding carboxylic acids is 1. The molecule has 0 unspecified atom stereocenters. The number of benzene rings is 2. The first kappa shape index (κ1) is 16.7. The van der Waals surface area contributed by atoms with Crippen LogP contribution in [-0.4, -0.2) is 28.8 Å². The molecule has 5 heteroatoms. The fourth-order valence-corrected chi connectivity index (χ4v) is 2.54. The van der Waals surface area contributed by atoms with Gasteiger partial charge in [-0.1, -0.05) is 36.4 Å². The molecular formula is C18H20N2O3. The van der Waals surface area contributed by atoms with Gasteiger partial charge in [-0.2, -0.15) is 0 Å². The Bertz CT molecular complexity index is 699. The summed E-state index contributed by atoms with van der Waals surface area (Å²) in [6.07, 6.45) is 0.758. The van der Waals surface area contributed by atoms with E-state index in [1.165, 1.54) is 6.07 Å². The molecule has 2 rings (SSSR count). The molecule has 0 saturated heterocycles. The number of amides is 1. The number of nitrogens with zero attached hydrogens (tertiary/aromatic N) is 2. The molecule has 120 valence electrons. The van der Waals surface area contributed by atoms with Crippen LogP contribution in [0.4, 0.5) is 5.69 Å². The minimum absolute atomic E-state index is 0.0186. The zero-order chi connectivity index (χ0) is 16.8. The molecule has 0 fully saturated rings. The maximum atomic E-state index is 12.7. The van der Waals surface area contributed by atoms with Crippen molar-refractivity contribution < 1.29 is 9.72 Å². The van der Waals surface area contributed by atoms with Crippen LogP contribution in [0.3, 0.4) is 0 Å². The van der Waals surface area contributed by atoms with Crippen LogP contribution in [0, 0.1) is 17.0 Å². The molecular weight excluding hydrogens is 292 g/mol. The molecule has 0 bridgehead atoms. The quantitative estimate of drug-likeness (QED) is 0.604. The predicted octanol–water partition coefficient (Wildman–Crippen LogP) is 3.61. The van der Waals surface area contributed by atoms with Gasteiger partial charge in [0.05, 0.1) is 4.92 Å². The van der Waals surface area contributed by atoms with Gasteiger partial charge in [-0.05, 0) is 31.9 Å². The average Bonchev–Trinajstić information content (AvgIpc) is 2.56. The van der Waals surface area contributed by atoms with Gasteiger partial charge in [0.2, 0.25) is 0 Å². The summed E-state index contributed by atoms with van der Waals surface area (Å²) in [5.74, 6) is -0.162. The Hall–Kier alpha value is -2.69. The highest BCUT2D eigenvalue weighted by Gasteiger charge is 2.21. The summed E-state index contributed by atoms with van der Waals surface area (Å²) in [6, 6.07) is 14.6. The number of carbonyl (C=O) groups is 1. The van der Waals surface area contributed by atoms with Gasteiger partial charge in [-0.3, -0.25) is 14.9 Å². The van der Waals surface area contributed by atoms with Crippen molar-refractivity contribution in [3.63, 3.8) is 0 Å². The van der Waals surface area contributed by atoms with Gasteiger partial charge in [0.1, 0.15) is 0 Å². The van der Waals surface area contributed by atoms with Gasteiger partial charge < -0.3 is 4.90 Å². The minimum Gasteiger partial charge on any atom is -0.339 e. The van der Waals surface area contributed by atoms with Crippen LogP contribution in [0.1, 0.15) is 28.4 Å². The van der Waals surface area contributed by atoms with E-state index in [9.17, 15) is 14.9 Å². The number of hydrogen-bond acceptors (Lipinski definition) is 3. The lowest BCUT2D eigenvalue weighted by Crippen LogP contribution is -2.33. The second-order valence-electron chi connectivity index (χ2n) is 5.33. The van der Waals surface area contributed by atoms with Crippen LogP contribution in [0.25, 0.3) is 0 Å². The molecule has 0 heterocycles. The Balaban J connectivity index is 2.17. The van der Waals surface area contributed by atoms with Crippen LogP contribution >= 0.6 is 0 Å². The molecule has 0 spiro atoms. The van der Waals surface area contributed by atoms with Gasteiger partial charge in [0.15, 0.2) is 0 Å². The summed E-state index contributed by atoms with van der Waals surface area (Å²) in [5, 5.41) is 11.0. The Morgan fingerprint density at radius 2 is 1.83 bits per heavy atom. The average molecular weight is 312 g/mol. The Labute approximate surface area is 135 Å². The zero-order valence-electron chi connectivity index (χ0n) is 13.4. The number of nitro benzene ring substituents is 1.